The molecule has 3 aromatic carbocycles. The Morgan fingerprint density at radius 2 is 1.64 bits per heavy atom. The van der Waals surface area contributed by atoms with Crippen molar-refractivity contribution in [2.24, 2.45) is 0 Å². The summed E-state index contributed by atoms with van der Waals surface area (Å²) in [6.45, 7) is 5.01. The summed E-state index contributed by atoms with van der Waals surface area (Å²) in [5.74, 6) is 0.572. The first-order valence-electron chi connectivity index (χ1n) is 10.4. The molecule has 1 N–H and O–H groups in total. The van der Waals surface area contributed by atoms with Gasteiger partial charge in [0.15, 0.2) is 0 Å². The molecule has 0 radical (unpaired) electrons. The second-order valence-corrected chi connectivity index (χ2v) is 10.9. The van der Waals surface area contributed by atoms with E-state index >= 15 is 0 Å². The Hall–Kier alpha value is -2.59. The van der Waals surface area contributed by atoms with E-state index in [1.807, 2.05) is 44.2 Å². The number of nitrogens with one attached hydrogen (secondary N) is 1. The third-order valence-electron chi connectivity index (χ3n) is 5.19. The molecule has 0 heterocycles. The Morgan fingerprint density at radius 3 is 2.24 bits per heavy atom. The van der Waals surface area contributed by atoms with Gasteiger partial charge in [0.1, 0.15) is 12.4 Å². The SMILES string of the molecule is Cc1ccc(OCCNC(=O)c2ccc(CN(c3ccc(I)cc3)S(C)(=O)=O)cc2)cc1C. The van der Waals surface area contributed by atoms with Crippen LogP contribution in [0.3, 0.4) is 0 Å². The van der Waals surface area contributed by atoms with E-state index in [-0.39, 0.29) is 12.5 Å². The van der Waals surface area contributed by atoms with Crippen LogP contribution in [-0.2, 0) is 16.6 Å². The highest BCUT2D eigenvalue weighted by atomic mass is 127. The molecule has 0 aliphatic carbocycles. The first-order valence-corrected chi connectivity index (χ1v) is 13.4. The van der Waals surface area contributed by atoms with E-state index in [2.05, 4.69) is 27.9 Å². The number of hydrogen-bond acceptors (Lipinski definition) is 4. The summed E-state index contributed by atoms with van der Waals surface area (Å²) in [4.78, 5) is 12.4. The molecule has 174 valence electrons. The molecule has 0 spiro atoms. The quantitative estimate of drug-likeness (QED) is 0.296. The van der Waals surface area contributed by atoms with Gasteiger partial charge in [0.05, 0.1) is 25.0 Å². The van der Waals surface area contributed by atoms with Gasteiger partial charge in [-0.15, -0.1) is 0 Å². The lowest BCUT2D eigenvalue weighted by Gasteiger charge is -2.22. The maximum absolute atomic E-state index is 12.4. The van der Waals surface area contributed by atoms with E-state index in [9.17, 15) is 13.2 Å². The van der Waals surface area contributed by atoms with Crippen LogP contribution in [-0.4, -0.2) is 33.7 Å². The van der Waals surface area contributed by atoms with Crippen molar-refractivity contribution in [2.75, 3.05) is 23.7 Å². The molecule has 0 fully saturated rings. The summed E-state index contributed by atoms with van der Waals surface area (Å²) in [5.41, 5.74) is 4.26. The van der Waals surface area contributed by atoms with Crippen LogP contribution in [0.2, 0.25) is 0 Å². The fourth-order valence-corrected chi connectivity index (χ4v) is 4.42. The number of benzene rings is 3. The average molecular weight is 578 g/mol. The molecule has 0 aliphatic heterocycles. The number of rotatable bonds is 9. The summed E-state index contributed by atoms with van der Waals surface area (Å²) in [6, 6.07) is 20.1. The van der Waals surface area contributed by atoms with Crippen LogP contribution in [0.25, 0.3) is 0 Å². The number of carbonyl (C=O) groups is 1. The van der Waals surface area contributed by atoms with Gasteiger partial charge in [-0.05, 0) is 102 Å². The van der Waals surface area contributed by atoms with Gasteiger partial charge in [0, 0.05) is 9.13 Å². The fraction of sp³-hybridized carbons (Fsp3) is 0.240. The molecule has 8 heteroatoms. The number of nitrogens with zero attached hydrogens (tertiary/aromatic N) is 1. The minimum absolute atomic E-state index is 0.186. The van der Waals surface area contributed by atoms with Crippen LogP contribution in [0.5, 0.6) is 5.75 Å². The van der Waals surface area contributed by atoms with Gasteiger partial charge in [0.2, 0.25) is 10.0 Å². The lowest BCUT2D eigenvalue weighted by Crippen LogP contribution is -2.29. The molecule has 6 nitrogen and oxygen atoms in total. The predicted molar refractivity (Wildman–Crippen MR) is 140 cm³/mol. The number of sulfonamides is 1. The highest BCUT2D eigenvalue weighted by Crippen LogP contribution is 2.22. The maximum atomic E-state index is 12.4. The monoisotopic (exact) mass is 578 g/mol. The van der Waals surface area contributed by atoms with Crippen molar-refractivity contribution < 1.29 is 17.9 Å². The number of anilines is 1. The van der Waals surface area contributed by atoms with Gasteiger partial charge in [-0.25, -0.2) is 8.42 Å². The topological polar surface area (TPSA) is 75.7 Å². The van der Waals surface area contributed by atoms with Gasteiger partial charge in [0.25, 0.3) is 5.91 Å². The van der Waals surface area contributed by atoms with E-state index in [0.717, 1.165) is 20.4 Å². The van der Waals surface area contributed by atoms with Crippen molar-refractivity contribution in [3.63, 3.8) is 0 Å². The number of ether oxygens (including phenoxy) is 1. The number of aryl methyl sites for hydroxylation is 2. The van der Waals surface area contributed by atoms with Gasteiger partial charge in [-0.3, -0.25) is 9.10 Å². The van der Waals surface area contributed by atoms with E-state index < -0.39 is 10.0 Å². The maximum Gasteiger partial charge on any atom is 0.251 e. The fourth-order valence-electron chi connectivity index (χ4n) is 3.17. The van der Waals surface area contributed by atoms with Crippen molar-refractivity contribution in [1.82, 2.24) is 5.32 Å². The van der Waals surface area contributed by atoms with Gasteiger partial charge >= 0.3 is 0 Å². The molecule has 0 saturated carbocycles. The average Bonchev–Trinajstić information content (AvgIpc) is 2.77. The van der Waals surface area contributed by atoms with E-state index in [4.69, 9.17) is 4.74 Å². The highest BCUT2D eigenvalue weighted by molar-refractivity contribution is 14.1. The number of halogens is 1. The van der Waals surface area contributed by atoms with Crippen LogP contribution in [0.15, 0.2) is 66.7 Å². The van der Waals surface area contributed by atoms with Crippen LogP contribution >= 0.6 is 22.6 Å². The molecule has 0 unspecified atom stereocenters. The normalized spacial score (nSPS) is 11.2. The summed E-state index contributed by atoms with van der Waals surface area (Å²) >= 11 is 2.18. The molecule has 3 aromatic rings. The number of amides is 1. The molecule has 0 aliphatic rings. The van der Waals surface area contributed by atoms with Crippen molar-refractivity contribution in [3.05, 3.63) is 92.6 Å². The molecular weight excluding hydrogens is 551 g/mol. The Morgan fingerprint density at radius 1 is 0.970 bits per heavy atom. The van der Waals surface area contributed by atoms with Gasteiger partial charge in [-0.2, -0.15) is 0 Å². The third kappa shape index (κ3) is 7.20. The van der Waals surface area contributed by atoms with Crippen LogP contribution in [0.4, 0.5) is 5.69 Å². The Kier molecular flexibility index (Phi) is 8.36. The zero-order chi connectivity index (χ0) is 24.0. The summed E-state index contributed by atoms with van der Waals surface area (Å²) in [6.07, 6.45) is 1.19. The van der Waals surface area contributed by atoms with Crippen LogP contribution in [0, 0.1) is 17.4 Å². The summed E-state index contributed by atoms with van der Waals surface area (Å²) in [5, 5.41) is 2.84. The standard InChI is InChI=1S/C25H27IN2O4S/c1-18-4-13-24(16-19(18)2)32-15-14-27-25(29)21-7-5-20(6-8-21)17-28(33(3,30)31)23-11-9-22(26)10-12-23/h4-13,16H,14-15,17H2,1-3H3,(H,27,29). The molecule has 0 bridgehead atoms. The minimum Gasteiger partial charge on any atom is -0.492 e. The van der Waals surface area contributed by atoms with Crippen molar-refractivity contribution in [1.29, 1.82) is 0 Å². The molecule has 0 aromatic heterocycles. The number of hydrogen-bond donors (Lipinski definition) is 1. The molecule has 0 saturated heterocycles. The third-order valence-corrected chi connectivity index (χ3v) is 7.05. The Bertz CT molecular complexity index is 1210. The van der Waals surface area contributed by atoms with Gasteiger partial charge < -0.3 is 10.1 Å². The highest BCUT2D eigenvalue weighted by Gasteiger charge is 2.18. The molecular formula is C25H27IN2O4S. The van der Waals surface area contributed by atoms with E-state index in [1.165, 1.54) is 16.1 Å². The second kappa shape index (κ2) is 11.0. The van der Waals surface area contributed by atoms with Crippen molar-refractivity contribution in [2.45, 2.75) is 20.4 Å². The Balaban J connectivity index is 1.56. The van der Waals surface area contributed by atoms with Crippen molar-refractivity contribution in [3.8, 4) is 5.75 Å². The summed E-state index contributed by atoms with van der Waals surface area (Å²) in [7, 11) is -3.46. The van der Waals surface area contributed by atoms with Crippen LogP contribution < -0.4 is 14.4 Å². The minimum atomic E-state index is -3.46. The largest absolute Gasteiger partial charge is 0.492 e. The molecule has 3 rings (SSSR count). The zero-order valence-corrected chi connectivity index (χ0v) is 21.8. The molecule has 0 atom stereocenters. The first-order chi connectivity index (χ1) is 15.6. The van der Waals surface area contributed by atoms with Crippen molar-refractivity contribution >= 4 is 44.2 Å². The molecule has 33 heavy (non-hydrogen) atoms. The summed E-state index contributed by atoms with van der Waals surface area (Å²) < 4.78 is 32.7. The van der Waals surface area contributed by atoms with Crippen LogP contribution in [0.1, 0.15) is 27.0 Å². The zero-order valence-electron chi connectivity index (χ0n) is 18.8. The lowest BCUT2D eigenvalue weighted by atomic mass is 10.1. The van der Waals surface area contributed by atoms with E-state index in [1.54, 1.807) is 36.4 Å². The molecule has 1 amide bonds. The van der Waals surface area contributed by atoms with Gasteiger partial charge in [-0.1, -0.05) is 18.2 Å². The second-order valence-electron chi connectivity index (χ2n) is 7.79. The lowest BCUT2D eigenvalue weighted by molar-refractivity contribution is 0.0947. The Labute approximate surface area is 209 Å². The van der Waals surface area contributed by atoms with E-state index in [0.29, 0.717) is 24.4 Å². The number of carbonyl (C=O) groups excluding carboxylic acids is 1. The predicted octanol–water partition coefficient (Wildman–Crippen LogP) is 4.68. The first kappa shape index (κ1) is 25.0. The smallest absolute Gasteiger partial charge is 0.251 e.